The van der Waals surface area contributed by atoms with Crippen LogP contribution >= 0.6 is 0 Å². The molecular formula is C14H27NO2. The van der Waals surface area contributed by atoms with E-state index < -0.39 is 0 Å². The number of carbonyl (C=O) groups excluding carboxylic acids is 1. The Morgan fingerprint density at radius 2 is 1.82 bits per heavy atom. The molecule has 0 aliphatic heterocycles. The lowest BCUT2D eigenvalue weighted by atomic mass is 9.89. The van der Waals surface area contributed by atoms with Gasteiger partial charge < -0.3 is 9.64 Å². The third-order valence-electron chi connectivity index (χ3n) is 3.31. The number of ether oxygens (including phenoxy) is 1. The first-order chi connectivity index (χ1) is 7.88. The van der Waals surface area contributed by atoms with E-state index in [1.165, 1.54) is 32.1 Å². The Kier molecular flexibility index (Phi) is 5.44. The Morgan fingerprint density at radius 3 is 2.35 bits per heavy atom. The van der Waals surface area contributed by atoms with Gasteiger partial charge in [0.15, 0.2) is 0 Å². The molecule has 0 unspecified atom stereocenters. The van der Waals surface area contributed by atoms with Gasteiger partial charge in [0.05, 0.1) is 5.60 Å². The van der Waals surface area contributed by atoms with Crippen LogP contribution in [0.5, 0.6) is 0 Å². The molecule has 0 N–H and O–H groups in total. The Bertz CT molecular complexity index is 239. The van der Waals surface area contributed by atoms with Crippen molar-refractivity contribution >= 4 is 5.91 Å². The van der Waals surface area contributed by atoms with Crippen LogP contribution in [0.2, 0.25) is 0 Å². The van der Waals surface area contributed by atoms with Gasteiger partial charge in [-0.1, -0.05) is 19.3 Å². The normalized spacial score (nSPS) is 18.1. The molecule has 0 saturated heterocycles. The minimum absolute atomic E-state index is 0.102. The van der Waals surface area contributed by atoms with Crippen LogP contribution in [0.25, 0.3) is 0 Å². The lowest BCUT2D eigenvalue weighted by molar-refractivity contribution is -0.140. The molecule has 0 radical (unpaired) electrons. The topological polar surface area (TPSA) is 29.5 Å². The molecule has 0 aromatic heterocycles. The summed E-state index contributed by atoms with van der Waals surface area (Å²) < 4.78 is 5.51. The molecule has 0 heterocycles. The maximum absolute atomic E-state index is 11.9. The van der Waals surface area contributed by atoms with E-state index in [0.29, 0.717) is 5.92 Å². The average molecular weight is 241 g/mol. The SMILES string of the molecule is CN(CC1CCCCC1)C(=O)COC(C)(C)C. The van der Waals surface area contributed by atoms with E-state index in [0.717, 1.165) is 6.54 Å². The first-order valence-electron chi connectivity index (χ1n) is 6.76. The maximum Gasteiger partial charge on any atom is 0.248 e. The highest BCUT2D eigenvalue weighted by atomic mass is 16.5. The minimum Gasteiger partial charge on any atom is -0.366 e. The van der Waals surface area contributed by atoms with Crippen molar-refractivity contribution in [2.45, 2.75) is 58.5 Å². The third-order valence-corrected chi connectivity index (χ3v) is 3.31. The molecule has 0 aromatic carbocycles. The average Bonchev–Trinajstić information content (AvgIpc) is 2.26. The van der Waals surface area contributed by atoms with Crippen LogP contribution in [-0.4, -0.2) is 36.6 Å². The molecule has 3 heteroatoms. The molecule has 3 nitrogen and oxygen atoms in total. The lowest BCUT2D eigenvalue weighted by Gasteiger charge is -2.28. The summed E-state index contributed by atoms with van der Waals surface area (Å²) in [5, 5.41) is 0. The number of amides is 1. The molecule has 1 aliphatic carbocycles. The van der Waals surface area contributed by atoms with E-state index >= 15 is 0 Å². The summed E-state index contributed by atoms with van der Waals surface area (Å²) in [6.07, 6.45) is 6.56. The van der Waals surface area contributed by atoms with E-state index in [2.05, 4.69) is 0 Å². The van der Waals surface area contributed by atoms with Gasteiger partial charge in [0, 0.05) is 13.6 Å². The molecule has 0 bridgehead atoms. The molecule has 1 aliphatic rings. The van der Waals surface area contributed by atoms with Crippen LogP contribution in [0.3, 0.4) is 0 Å². The summed E-state index contributed by atoms with van der Waals surface area (Å²) in [5.74, 6) is 0.804. The molecule has 17 heavy (non-hydrogen) atoms. The summed E-state index contributed by atoms with van der Waals surface area (Å²) in [4.78, 5) is 13.7. The van der Waals surface area contributed by atoms with E-state index in [1.807, 2.05) is 32.7 Å². The number of rotatable bonds is 4. The Labute approximate surface area is 106 Å². The summed E-state index contributed by atoms with van der Waals surface area (Å²) >= 11 is 0. The van der Waals surface area contributed by atoms with Gasteiger partial charge in [0.1, 0.15) is 6.61 Å². The van der Waals surface area contributed by atoms with Crippen LogP contribution in [0.1, 0.15) is 52.9 Å². The molecule has 1 amide bonds. The molecule has 1 saturated carbocycles. The molecule has 1 fully saturated rings. The maximum atomic E-state index is 11.9. The Hall–Kier alpha value is -0.570. The van der Waals surface area contributed by atoms with Crippen LogP contribution in [0, 0.1) is 5.92 Å². The second-order valence-corrected chi connectivity index (χ2v) is 6.18. The molecule has 0 aromatic rings. The largest absolute Gasteiger partial charge is 0.366 e. The van der Waals surface area contributed by atoms with Crippen molar-refractivity contribution in [3.8, 4) is 0 Å². The van der Waals surface area contributed by atoms with Crippen molar-refractivity contribution < 1.29 is 9.53 Å². The quantitative estimate of drug-likeness (QED) is 0.757. The number of hydrogen-bond donors (Lipinski definition) is 0. The van der Waals surface area contributed by atoms with Gasteiger partial charge in [-0.15, -0.1) is 0 Å². The van der Waals surface area contributed by atoms with Gasteiger partial charge in [0.25, 0.3) is 0 Å². The highest BCUT2D eigenvalue weighted by Crippen LogP contribution is 2.24. The van der Waals surface area contributed by atoms with E-state index in [1.54, 1.807) is 0 Å². The zero-order valence-electron chi connectivity index (χ0n) is 11.8. The van der Waals surface area contributed by atoms with Gasteiger partial charge in [-0.2, -0.15) is 0 Å². The predicted molar refractivity (Wildman–Crippen MR) is 69.9 cm³/mol. The number of likely N-dealkylation sites (N-methyl/N-ethyl adjacent to an activating group) is 1. The summed E-state index contributed by atoms with van der Waals surface area (Å²) in [6.45, 7) is 7.02. The molecular weight excluding hydrogens is 214 g/mol. The monoisotopic (exact) mass is 241 g/mol. The highest BCUT2D eigenvalue weighted by Gasteiger charge is 2.20. The van der Waals surface area contributed by atoms with Gasteiger partial charge in [-0.25, -0.2) is 0 Å². The lowest BCUT2D eigenvalue weighted by Crippen LogP contribution is -2.37. The zero-order valence-corrected chi connectivity index (χ0v) is 11.8. The number of carbonyl (C=O) groups is 1. The Balaban J connectivity index is 2.26. The van der Waals surface area contributed by atoms with Gasteiger partial charge >= 0.3 is 0 Å². The van der Waals surface area contributed by atoms with Gasteiger partial charge in [0.2, 0.25) is 5.91 Å². The fraction of sp³-hybridized carbons (Fsp3) is 0.929. The van der Waals surface area contributed by atoms with Crippen molar-refractivity contribution in [1.29, 1.82) is 0 Å². The molecule has 100 valence electrons. The number of nitrogens with zero attached hydrogens (tertiary/aromatic N) is 1. The minimum atomic E-state index is -0.235. The molecule has 0 spiro atoms. The van der Waals surface area contributed by atoms with Crippen LogP contribution in [0.15, 0.2) is 0 Å². The van der Waals surface area contributed by atoms with Crippen LogP contribution in [0.4, 0.5) is 0 Å². The van der Waals surface area contributed by atoms with Crippen molar-refractivity contribution in [3.05, 3.63) is 0 Å². The van der Waals surface area contributed by atoms with Crippen molar-refractivity contribution in [3.63, 3.8) is 0 Å². The second-order valence-electron chi connectivity index (χ2n) is 6.18. The van der Waals surface area contributed by atoms with Gasteiger partial charge in [-0.3, -0.25) is 4.79 Å². The fourth-order valence-electron chi connectivity index (χ4n) is 2.25. The highest BCUT2D eigenvalue weighted by molar-refractivity contribution is 5.77. The van der Waals surface area contributed by atoms with E-state index in [-0.39, 0.29) is 18.1 Å². The third kappa shape index (κ3) is 6.06. The summed E-state index contributed by atoms with van der Waals surface area (Å²) in [6, 6.07) is 0. The molecule has 1 rings (SSSR count). The van der Waals surface area contributed by atoms with E-state index in [4.69, 9.17) is 4.74 Å². The summed E-state index contributed by atoms with van der Waals surface area (Å²) in [5.41, 5.74) is -0.235. The number of hydrogen-bond acceptors (Lipinski definition) is 2. The Morgan fingerprint density at radius 1 is 1.24 bits per heavy atom. The smallest absolute Gasteiger partial charge is 0.248 e. The van der Waals surface area contributed by atoms with Crippen molar-refractivity contribution in [1.82, 2.24) is 4.90 Å². The first-order valence-corrected chi connectivity index (χ1v) is 6.76. The predicted octanol–water partition coefficient (Wildman–Crippen LogP) is 2.84. The van der Waals surface area contributed by atoms with Crippen molar-refractivity contribution in [2.24, 2.45) is 5.92 Å². The summed E-state index contributed by atoms with van der Waals surface area (Å²) in [7, 11) is 1.89. The second kappa shape index (κ2) is 6.39. The standard InChI is InChI=1S/C14H27NO2/c1-14(2,3)17-11-13(16)15(4)10-12-8-6-5-7-9-12/h12H,5-11H2,1-4H3. The fourth-order valence-corrected chi connectivity index (χ4v) is 2.25. The van der Waals surface area contributed by atoms with Crippen LogP contribution in [-0.2, 0) is 9.53 Å². The molecule has 0 atom stereocenters. The van der Waals surface area contributed by atoms with E-state index in [9.17, 15) is 4.79 Å². The van der Waals surface area contributed by atoms with Gasteiger partial charge in [-0.05, 0) is 39.5 Å². The first kappa shape index (κ1) is 14.5. The van der Waals surface area contributed by atoms with Crippen LogP contribution < -0.4 is 0 Å². The zero-order chi connectivity index (χ0) is 12.9. The van der Waals surface area contributed by atoms with Crippen molar-refractivity contribution in [2.75, 3.05) is 20.2 Å².